The molecule has 0 atom stereocenters. The van der Waals surface area contributed by atoms with Crippen molar-refractivity contribution >= 4 is 33.5 Å². The summed E-state index contributed by atoms with van der Waals surface area (Å²) in [6, 6.07) is 14.1. The largest absolute Gasteiger partial charge is 0.472 e. The fraction of sp³-hybridized carbons (Fsp3) is 0.111. The molecule has 0 aliphatic heterocycles. The zero-order valence-corrected chi connectivity index (χ0v) is 19.7. The summed E-state index contributed by atoms with van der Waals surface area (Å²) in [7, 11) is 3.70. The second-order valence-corrected chi connectivity index (χ2v) is 8.90. The molecule has 9 heteroatoms. The topological polar surface area (TPSA) is 116 Å². The lowest BCUT2D eigenvalue weighted by Gasteiger charge is -2.10. The summed E-state index contributed by atoms with van der Waals surface area (Å²) < 4.78 is 5.29. The van der Waals surface area contributed by atoms with E-state index in [1.54, 1.807) is 31.1 Å². The van der Waals surface area contributed by atoms with E-state index in [9.17, 15) is 4.79 Å². The Morgan fingerprint density at radius 3 is 2.75 bits per heavy atom. The quantitative estimate of drug-likeness (QED) is 0.313. The van der Waals surface area contributed by atoms with Crippen molar-refractivity contribution in [3.63, 3.8) is 0 Å². The van der Waals surface area contributed by atoms with Crippen molar-refractivity contribution in [2.45, 2.75) is 0 Å². The average molecular weight is 478 g/mol. The third kappa shape index (κ3) is 4.01. The van der Waals surface area contributed by atoms with Crippen LogP contribution in [0.15, 0.2) is 78.0 Å². The molecule has 5 heterocycles. The molecule has 6 aromatic rings. The van der Waals surface area contributed by atoms with Crippen LogP contribution in [0.25, 0.3) is 55.6 Å². The molecule has 178 valence electrons. The summed E-state index contributed by atoms with van der Waals surface area (Å²) in [5.74, 6) is -0.0988. The number of H-pyrrole nitrogens is 2. The predicted molar refractivity (Wildman–Crippen MR) is 139 cm³/mol. The van der Waals surface area contributed by atoms with Crippen molar-refractivity contribution in [3.8, 4) is 33.6 Å². The Bertz CT molecular complexity index is 1700. The molecule has 0 saturated heterocycles. The summed E-state index contributed by atoms with van der Waals surface area (Å²) in [4.78, 5) is 26.4. The molecular formula is C27H23N7O2. The maximum Gasteiger partial charge on any atom is 0.238 e. The van der Waals surface area contributed by atoms with Crippen LogP contribution < -0.4 is 5.32 Å². The maximum atomic E-state index is 12.2. The van der Waals surface area contributed by atoms with E-state index in [0.29, 0.717) is 17.9 Å². The molecule has 5 aromatic heterocycles. The van der Waals surface area contributed by atoms with Gasteiger partial charge in [-0.25, -0.2) is 4.98 Å². The third-order valence-corrected chi connectivity index (χ3v) is 5.98. The van der Waals surface area contributed by atoms with Gasteiger partial charge in [-0.05, 0) is 50.0 Å². The summed E-state index contributed by atoms with van der Waals surface area (Å²) in [6.45, 7) is 0.295. The molecule has 0 spiro atoms. The third-order valence-electron chi connectivity index (χ3n) is 5.98. The highest BCUT2D eigenvalue weighted by Crippen LogP contribution is 2.35. The van der Waals surface area contributed by atoms with Crippen molar-refractivity contribution in [1.82, 2.24) is 30.0 Å². The van der Waals surface area contributed by atoms with Gasteiger partial charge < -0.3 is 19.6 Å². The van der Waals surface area contributed by atoms with Crippen LogP contribution in [-0.4, -0.2) is 56.6 Å². The van der Waals surface area contributed by atoms with Gasteiger partial charge in [-0.15, -0.1) is 0 Å². The molecular weight excluding hydrogens is 454 g/mol. The van der Waals surface area contributed by atoms with E-state index < -0.39 is 0 Å². The minimum absolute atomic E-state index is 0.0988. The Balaban J connectivity index is 1.38. The van der Waals surface area contributed by atoms with Gasteiger partial charge in [-0.1, -0.05) is 12.1 Å². The van der Waals surface area contributed by atoms with Gasteiger partial charge in [-0.2, -0.15) is 5.10 Å². The lowest BCUT2D eigenvalue weighted by molar-refractivity contribution is -0.116. The molecule has 0 aliphatic carbocycles. The monoisotopic (exact) mass is 477 g/mol. The van der Waals surface area contributed by atoms with Crippen LogP contribution >= 0.6 is 0 Å². The lowest BCUT2D eigenvalue weighted by atomic mass is 10.0. The van der Waals surface area contributed by atoms with Crippen molar-refractivity contribution in [2.24, 2.45) is 0 Å². The Labute approximate surface area is 206 Å². The number of hydrogen-bond acceptors (Lipinski definition) is 6. The summed E-state index contributed by atoms with van der Waals surface area (Å²) in [5, 5.41) is 12.4. The Morgan fingerprint density at radius 2 is 1.92 bits per heavy atom. The van der Waals surface area contributed by atoms with Crippen LogP contribution in [0.4, 0.5) is 5.69 Å². The van der Waals surface area contributed by atoms with Crippen LogP contribution in [0, 0.1) is 0 Å². The number of furan rings is 1. The van der Waals surface area contributed by atoms with E-state index in [1.807, 2.05) is 49.3 Å². The molecule has 3 N–H and O–H groups in total. The second-order valence-electron chi connectivity index (χ2n) is 8.90. The number of nitrogens with zero attached hydrogens (tertiary/aromatic N) is 4. The zero-order chi connectivity index (χ0) is 24.6. The smallest absolute Gasteiger partial charge is 0.238 e. The number of hydrogen-bond donors (Lipinski definition) is 3. The van der Waals surface area contributed by atoms with E-state index in [4.69, 9.17) is 4.42 Å². The molecule has 1 aromatic carbocycles. The number of likely N-dealkylation sites (N-methyl/N-ethyl adjacent to an activating group) is 1. The van der Waals surface area contributed by atoms with Gasteiger partial charge in [0.1, 0.15) is 5.69 Å². The molecule has 1 amide bonds. The van der Waals surface area contributed by atoms with Crippen LogP contribution in [0.2, 0.25) is 0 Å². The second kappa shape index (κ2) is 8.79. The first kappa shape index (κ1) is 21.8. The summed E-state index contributed by atoms with van der Waals surface area (Å²) in [5.41, 5.74) is 7.81. The van der Waals surface area contributed by atoms with Crippen molar-refractivity contribution in [1.29, 1.82) is 0 Å². The molecule has 6 rings (SSSR count). The molecule has 0 unspecified atom stereocenters. The van der Waals surface area contributed by atoms with E-state index in [1.165, 1.54) is 0 Å². The normalized spacial score (nSPS) is 11.5. The Morgan fingerprint density at radius 1 is 1.03 bits per heavy atom. The molecule has 0 bridgehead atoms. The number of nitrogens with one attached hydrogen (secondary N) is 3. The number of rotatable bonds is 6. The number of carbonyl (C=O) groups is 1. The SMILES string of the molecule is CN(C)CC(=O)Nc1cncc(-c2cnc3[nH]nc(-c4cc5c(-c6ccoc6)cccc5[nH]4)c3c2)c1. The molecule has 0 fully saturated rings. The van der Waals surface area contributed by atoms with Crippen LogP contribution in [-0.2, 0) is 4.79 Å². The molecule has 36 heavy (non-hydrogen) atoms. The fourth-order valence-corrected chi connectivity index (χ4v) is 4.37. The standard InChI is InChI=1S/C27H23N7O2/c1-34(2)14-25(35)30-19-8-17(11-28-13-19)18-9-22-26(32-33-27(22)29-12-18)24-10-21-20(16-6-7-36-15-16)4-3-5-23(21)31-24/h3-13,15,31H,14H2,1-2H3,(H,30,35)(H,29,32,33). The first-order valence-electron chi connectivity index (χ1n) is 11.4. The highest BCUT2D eigenvalue weighted by Gasteiger charge is 2.15. The predicted octanol–water partition coefficient (Wildman–Crippen LogP) is 4.93. The molecule has 0 saturated carbocycles. The molecule has 9 nitrogen and oxygen atoms in total. The number of fused-ring (bicyclic) bond motifs is 2. The van der Waals surface area contributed by atoms with E-state index >= 15 is 0 Å². The number of anilines is 1. The van der Waals surface area contributed by atoms with E-state index in [2.05, 4.69) is 42.6 Å². The number of aromatic nitrogens is 5. The fourth-order valence-electron chi connectivity index (χ4n) is 4.37. The number of amides is 1. The van der Waals surface area contributed by atoms with Gasteiger partial charge in [0, 0.05) is 45.4 Å². The lowest BCUT2D eigenvalue weighted by Crippen LogP contribution is -2.27. The summed E-state index contributed by atoms with van der Waals surface area (Å²) >= 11 is 0. The highest BCUT2D eigenvalue weighted by atomic mass is 16.3. The van der Waals surface area contributed by atoms with Gasteiger partial charge in [0.15, 0.2) is 5.65 Å². The summed E-state index contributed by atoms with van der Waals surface area (Å²) in [6.07, 6.45) is 8.58. The van der Waals surface area contributed by atoms with Crippen molar-refractivity contribution in [3.05, 3.63) is 73.6 Å². The van der Waals surface area contributed by atoms with Crippen LogP contribution in [0.5, 0.6) is 0 Å². The van der Waals surface area contributed by atoms with Gasteiger partial charge in [0.25, 0.3) is 0 Å². The van der Waals surface area contributed by atoms with Crippen molar-refractivity contribution < 1.29 is 9.21 Å². The number of benzene rings is 1. The molecule has 0 aliphatic rings. The van der Waals surface area contributed by atoms with Gasteiger partial charge >= 0.3 is 0 Å². The highest BCUT2D eigenvalue weighted by molar-refractivity contribution is 6.01. The van der Waals surface area contributed by atoms with E-state index in [0.717, 1.165) is 49.9 Å². The van der Waals surface area contributed by atoms with Gasteiger partial charge in [0.05, 0.1) is 36.6 Å². The van der Waals surface area contributed by atoms with Crippen LogP contribution in [0.3, 0.4) is 0 Å². The van der Waals surface area contributed by atoms with Crippen LogP contribution in [0.1, 0.15) is 0 Å². The first-order chi connectivity index (χ1) is 17.5. The molecule has 0 radical (unpaired) electrons. The minimum atomic E-state index is -0.0988. The minimum Gasteiger partial charge on any atom is -0.472 e. The zero-order valence-electron chi connectivity index (χ0n) is 19.7. The van der Waals surface area contributed by atoms with Gasteiger partial charge in [0.2, 0.25) is 5.91 Å². The maximum absolute atomic E-state index is 12.2. The number of aromatic amines is 2. The number of pyridine rings is 2. The average Bonchev–Trinajstić information content (AvgIpc) is 3.62. The first-order valence-corrected chi connectivity index (χ1v) is 11.4. The number of carbonyl (C=O) groups excluding carboxylic acids is 1. The van der Waals surface area contributed by atoms with Crippen molar-refractivity contribution in [2.75, 3.05) is 26.0 Å². The Kier molecular flexibility index (Phi) is 5.31. The van der Waals surface area contributed by atoms with Gasteiger partial charge in [-0.3, -0.25) is 14.9 Å². The van der Waals surface area contributed by atoms with E-state index in [-0.39, 0.29) is 5.91 Å². The Hall–Kier alpha value is -4.76.